The number of halogens is 1. The van der Waals surface area contributed by atoms with E-state index in [1.807, 2.05) is 36.6 Å². The second kappa shape index (κ2) is 11.1. The molecule has 1 N–H and O–H groups in total. The lowest BCUT2D eigenvalue weighted by Crippen LogP contribution is -2.34. The summed E-state index contributed by atoms with van der Waals surface area (Å²) in [6.45, 7) is 8.27. The van der Waals surface area contributed by atoms with Crippen LogP contribution in [0, 0.1) is 5.92 Å². The molecule has 0 spiro atoms. The second-order valence-corrected chi connectivity index (χ2v) is 8.84. The number of nitrogens with one attached hydrogen (secondary N) is 1. The summed E-state index contributed by atoms with van der Waals surface area (Å²) in [5.74, 6) is 0.610. The number of carbonyl (C=O) groups is 2. The first-order valence-corrected chi connectivity index (χ1v) is 11.6. The van der Waals surface area contributed by atoms with Crippen molar-refractivity contribution in [2.75, 3.05) is 5.75 Å². The minimum Gasteiger partial charge on any atom is -0.342 e. The van der Waals surface area contributed by atoms with Crippen LogP contribution in [0.2, 0.25) is 5.02 Å². The molecule has 1 amide bonds. The number of allylic oxidation sites excluding steroid dienone is 1. The number of thioether (sulfide) groups is 1. The Morgan fingerprint density at radius 2 is 1.81 bits per heavy atom. The molecule has 1 aromatic heterocycles. The molecular formula is C24H25ClN4O2S. The predicted molar refractivity (Wildman–Crippen MR) is 128 cm³/mol. The van der Waals surface area contributed by atoms with E-state index in [9.17, 15) is 9.59 Å². The molecule has 0 saturated heterocycles. The molecule has 1 heterocycles. The maximum Gasteiger partial charge on any atom is 0.253 e. The Labute approximate surface area is 197 Å². The summed E-state index contributed by atoms with van der Waals surface area (Å²) in [5.41, 5.74) is 1.06. The Morgan fingerprint density at radius 1 is 1.12 bits per heavy atom. The summed E-state index contributed by atoms with van der Waals surface area (Å²) < 4.78 is 1.88. The standard InChI is InChI=1S/C24H25ClN4O2S/c1-4-14-29-22(21(16(2)3)26-23(31)18-12-8-9-13-19(18)25)27-28-24(29)32-15-20(30)17-10-6-5-7-11-17/h4-13,16,21H,1,14-15H2,2-3H3,(H,26,31). The van der Waals surface area contributed by atoms with Crippen LogP contribution in [0.3, 0.4) is 0 Å². The van der Waals surface area contributed by atoms with Crippen molar-refractivity contribution in [3.05, 3.63) is 89.2 Å². The van der Waals surface area contributed by atoms with E-state index in [4.69, 9.17) is 11.6 Å². The highest BCUT2D eigenvalue weighted by Gasteiger charge is 2.27. The Kier molecular flexibility index (Phi) is 8.25. The number of hydrogen-bond donors (Lipinski definition) is 1. The average Bonchev–Trinajstić information content (AvgIpc) is 3.18. The van der Waals surface area contributed by atoms with E-state index in [2.05, 4.69) is 22.1 Å². The average molecular weight is 469 g/mol. The second-order valence-electron chi connectivity index (χ2n) is 7.49. The lowest BCUT2D eigenvalue weighted by molar-refractivity contribution is 0.0921. The van der Waals surface area contributed by atoms with Crippen LogP contribution in [0.25, 0.3) is 0 Å². The summed E-state index contributed by atoms with van der Waals surface area (Å²) in [5, 5.41) is 12.7. The highest BCUT2D eigenvalue weighted by atomic mass is 35.5. The topological polar surface area (TPSA) is 76.9 Å². The van der Waals surface area contributed by atoms with Crippen LogP contribution in [0.15, 0.2) is 72.4 Å². The first kappa shape index (κ1) is 23.8. The molecular weight excluding hydrogens is 444 g/mol. The van der Waals surface area contributed by atoms with Crippen molar-refractivity contribution in [3.63, 3.8) is 0 Å². The van der Waals surface area contributed by atoms with E-state index < -0.39 is 6.04 Å². The third-order valence-corrected chi connectivity index (χ3v) is 6.13. The maximum atomic E-state index is 12.9. The molecule has 0 saturated carbocycles. The van der Waals surface area contributed by atoms with Gasteiger partial charge in [0.2, 0.25) is 0 Å². The predicted octanol–water partition coefficient (Wildman–Crippen LogP) is 5.22. The van der Waals surface area contributed by atoms with Crippen LogP contribution in [-0.4, -0.2) is 32.2 Å². The molecule has 2 aromatic carbocycles. The van der Waals surface area contributed by atoms with E-state index in [1.165, 1.54) is 11.8 Å². The highest BCUT2D eigenvalue weighted by molar-refractivity contribution is 7.99. The van der Waals surface area contributed by atoms with E-state index in [0.717, 1.165) is 0 Å². The number of ketones is 1. The number of aromatic nitrogens is 3. The van der Waals surface area contributed by atoms with E-state index in [-0.39, 0.29) is 23.4 Å². The Bertz CT molecular complexity index is 1100. The van der Waals surface area contributed by atoms with Crippen LogP contribution in [-0.2, 0) is 6.54 Å². The number of rotatable bonds is 10. The van der Waals surface area contributed by atoms with Gasteiger partial charge in [0, 0.05) is 12.1 Å². The van der Waals surface area contributed by atoms with Crippen molar-refractivity contribution < 1.29 is 9.59 Å². The van der Waals surface area contributed by atoms with Gasteiger partial charge in [0.05, 0.1) is 22.4 Å². The molecule has 6 nitrogen and oxygen atoms in total. The number of benzene rings is 2. The molecule has 1 unspecified atom stereocenters. The summed E-state index contributed by atoms with van der Waals surface area (Å²) in [7, 11) is 0. The van der Waals surface area contributed by atoms with Gasteiger partial charge in [-0.15, -0.1) is 16.8 Å². The quantitative estimate of drug-likeness (QED) is 0.251. The summed E-state index contributed by atoms with van der Waals surface area (Å²) >= 11 is 7.51. The Hall–Kier alpha value is -2.90. The first-order chi connectivity index (χ1) is 15.4. The van der Waals surface area contributed by atoms with Crippen LogP contribution in [0.1, 0.15) is 46.4 Å². The maximum absolute atomic E-state index is 12.9. The van der Waals surface area contributed by atoms with Gasteiger partial charge in [0.15, 0.2) is 16.8 Å². The molecule has 8 heteroatoms. The van der Waals surface area contributed by atoms with Gasteiger partial charge in [-0.05, 0) is 18.1 Å². The molecule has 3 aromatic rings. The van der Waals surface area contributed by atoms with Crippen LogP contribution in [0.5, 0.6) is 0 Å². The fourth-order valence-electron chi connectivity index (χ4n) is 3.17. The zero-order valence-corrected chi connectivity index (χ0v) is 19.6. The van der Waals surface area contributed by atoms with Crippen molar-refractivity contribution in [3.8, 4) is 0 Å². The molecule has 3 rings (SSSR count). The van der Waals surface area contributed by atoms with Gasteiger partial charge in [-0.3, -0.25) is 9.59 Å². The number of hydrogen-bond acceptors (Lipinski definition) is 5. The number of carbonyl (C=O) groups excluding carboxylic acids is 2. The molecule has 0 aliphatic rings. The molecule has 0 bridgehead atoms. The summed E-state index contributed by atoms with van der Waals surface area (Å²) in [6.07, 6.45) is 1.74. The van der Waals surface area contributed by atoms with Crippen molar-refractivity contribution in [2.24, 2.45) is 5.92 Å². The molecule has 166 valence electrons. The number of amides is 1. The Balaban J connectivity index is 1.82. The van der Waals surface area contributed by atoms with Gasteiger partial charge in [-0.1, -0.05) is 85.8 Å². The molecule has 32 heavy (non-hydrogen) atoms. The molecule has 0 radical (unpaired) electrons. The zero-order valence-electron chi connectivity index (χ0n) is 18.0. The fraction of sp³-hybridized carbons (Fsp3) is 0.250. The number of nitrogens with zero attached hydrogens (tertiary/aromatic N) is 3. The SMILES string of the molecule is C=CCn1c(SCC(=O)c2ccccc2)nnc1C(NC(=O)c1ccccc1Cl)C(C)C. The minimum absolute atomic E-state index is 0.0118. The van der Waals surface area contributed by atoms with Crippen LogP contribution >= 0.6 is 23.4 Å². The van der Waals surface area contributed by atoms with E-state index in [1.54, 1.807) is 42.5 Å². The summed E-state index contributed by atoms with van der Waals surface area (Å²) in [6, 6.07) is 15.6. The van der Waals surface area contributed by atoms with Crippen molar-refractivity contribution in [1.29, 1.82) is 0 Å². The summed E-state index contributed by atoms with van der Waals surface area (Å²) in [4.78, 5) is 25.4. The lowest BCUT2D eigenvalue weighted by Gasteiger charge is -2.22. The number of Topliss-reactive ketones (excluding diaryl/α,β-unsaturated/α-hetero) is 1. The highest BCUT2D eigenvalue weighted by Crippen LogP contribution is 2.27. The third kappa shape index (κ3) is 5.66. The van der Waals surface area contributed by atoms with Crippen LogP contribution in [0.4, 0.5) is 0 Å². The normalized spacial score (nSPS) is 11.9. The molecule has 0 aliphatic carbocycles. The Morgan fingerprint density at radius 3 is 2.47 bits per heavy atom. The van der Waals surface area contributed by atoms with Crippen molar-refractivity contribution in [2.45, 2.75) is 31.6 Å². The molecule has 0 aliphatic heterocycles. The largest absolute Gasteiger partial charge is 0.342 e. The van der Waals surface area contributed by atoms with Gasteiger partial charge in [-0.25, -0.2) is 0 Å². The first-order valence-electron chi connectivity index (χ1n) is 10.2. The van der Waals surface area contributed by atoms with Crippen LogP contribution < -0.4 is 5.32 Å². The molecule has 1 atom stereocenters. The van der Waals surface area contributed by atoms with E-state index >= 15 is 0 Å². The smallest absolute Gasteiger partial charge is 0.253 e. The van der Waals surface area contributed by atoms with Gasteiger partial charge < -0.3 is 9.88 Å². The van der Waals surface area contributed by atoms with Crippen molar-refractivity contribution in [1.82, 2.24) is 20.1 Å². The minimum atomic E-state index is -0.398. The van der Waals surface area contributed by atoms with Gasteiger partial charge >= 0.3 is 0 Å². The monoisotopic (exact) mass is 468 g/mol. The lowest BCUT2D eigenvalue weighted by atomic mass is 10.0. The third-order valence-electron chi connectivity index (χ3n) is 4.84. The van der Waals surface area contributed by atoms with Gasteiger partial charge in [-0.2, -0.15) is 0 Å². The fourth-order valence-corrected chi connectivity index (χ4v) is 4.24. The van der Waals surface area contributed by atoms with E-state index in [0.29, 0.717) is 33.7 Å². The van der Waals surface area contributed by atoms with Gasteiger partial charge in [0.25, 0.3) is 5.91 Å². The zero-order chi connectivity index (χ0) is 23.1. The van der Waals surface area contributed by atoms with Crippen molar-refractivity contribution >= 4 is 35.1 Å². The van der Waals surface area contributed by atoms with Gasteiger partial charge in [0.1, 0.15) is 0 Å². The molecule has 0 fully saturated rings.